The summed E-state index contributed by atoms with van der Waals surface area (Å²) in [6, 6.07) is 16.3. The van der Waals surface area contributed by atoms with Crippen molar-refractivity contribution in [2.24, 2.45) is 0 Å². The second-order valence-corrected chi connectivity index (χ2v) is 7.45. The van der Waals surface area contributed by atoms with E-state index >= 15 is 0 Å². The SMILES string of the molecule is COCc1ccc(S(=O)(=O)Cc2cnn(-c3ccccc3)c2)cc1. The maximum atomic E-state index is 12.5. The Balaban J connectivity index is 1.78. The third-order valence-corrected chi connectivity index (χ3v) is 5.31. The van der Waals surface area contributed by atoms with E-state index in [1.807, 2.05) is 30.3 Å². The molecular weight excluding hydrogens is 324 g/mol. The highest BCUT2D eigenvalue weighted by Crippen LogP contribution is 2.18. The molecule has 0 amide bonds. The summed E-state index contributed by atoms with van der Waals surface area (Å²) < 4.78 is 31.8. The van der Waals surface area contributed by atoms with Crippen molar-refractivity contribution in [3.05, 3.63) is 78.1 Å². The first-order valence-corrected chi connectivity index (χ1v) is 9.13. The molecule has 5 nitrogen and oxygen atoms in total. The fourth-order valence-electron chi connectivity index (χ4n) is 2.42. The van der Waals surface area contributed by atoms with Gasteiger partial charge in [-0.25, -0.2) is 13.1 Å². The van der Waals surface area contributed by atoms with Crippen LogP contribution in [0.15, 0.2) is 71.9 Å². The molecule has 0 fully saturated rings. The van der Waals surface area contributed by atoms with Gasteiger partial charge in [-0.2, -0.15) is 5.10 Å². The highest BCUT2D eigenvalue weighted by atomic mass is 32.2. The highest BCUT2D eigenvalue weighted by molar-refractivity contribution is 7.90. The van der Waals surface area contributed by atoms with Crippen LogP contribution < -0.4 is 0 Å². The lowest BCUT2D eigenvalue weighted by atomic mass is 10.2. The third-order valence-electron chi connectivity index (χ3n) is 3.61. The minimum atomic E-state index is -3.41. The summed E-state index contributed by atoms with van der Waals surface area (Å²) in [5.74, 6) is -0.0799. The molecular formula is C18H18N2O3S. The molecule has 3 rings (SSSR count). The number of hydrogen-bond donors (Lipinski definition) is 0. The summed E-state index contributed by atoms with van der Waals surface area (Å²) >= 11 is 0. The second-order valence-electron chi connectivity index (χ2n) is 5.46. The minimum Gasteiger partial charge on any atom is -0.380 e. The Kier molecular flexibility index (Phi) is 4.78. The van der Waals surface area contributed by atoms with Gasteiger partial charge in [-0.1, -0.05) is 30.3 Å². The highest BCUT2D eigenvalue weighted by Gasteiger charge is 2.16. The summed E-state index contributed by atoms with van der Waals surface area (Å²) in [5.41, 5.74) is 2.48. The molecule has 0 saturated carbocycles. The molecule has 0 aliphatic heterocycles. The zero-order chi connectivity index (χ0) is 17.0. The van der Waals surface area contributed by atoms with E-state index in [0.29, 0.717) is 17.1 Å². The number of methoxy groups -OCH3 is 1. The summed E-state index contributed by atoms with van der Waals surface area (Å²) in [4.78, 5) is 0.301. The number of nitrogens with zero attached hydrogens (tertiary/aromatic N) is 2. The zero-order valence-electron chi connectivity index (χ0n) is 13.3. The molecule has 3 aromatic rings. The van der Waals surface area contributed by atoms with Crippen LogP contribution in [-0.4, -0.2) is 25.3 Å². The van der Waals surface area contributed by atoms with Crippen LogP contribution in [0, 0.1) is 0 Å². The molecule has 0 atom stereocenters. The fraction of sp³-hybridized carbons (Fsp3) is 0.167. The minimum absolute atomic E-state index is 0.0799. The quantitative estimate of drug-likeness (QED) is 0.691. The Labute approximate surface area is 141 Å². The summed E-state index contributed by atoms with van der Waals surface area (Å²) in [6.45, 7) is 0.462. The van der Waals surface area contributed by atoms with Crippen LogP contribution in [0.5, 0.6) is 0 Å². The Morgan fingerprint density at radius 2 is 1.71 bits per heavy atom. The van der Waals surface area contributed by atoms with Crippen LogP contribution in [0.3, 0.4) is 0 Å². The Morgan fingerprint density at radius 3 is 2.38 bits per heavy atom. The lowest BCUT2D eigenvalue weighted by molar-refractivity contribution is 0.185. The lowest BCUT2D eigenvalue weighted by Crippen LogP contribution is -2.04. The largest absolute Gasteiger partial charge is 0.380 e. The Morgan fingerprint density at radius 1 is 1.00 bits per heavy atom. The normalized spacial score (nSPS) is 11.5. The van der Waals surface area contributed by atoms with Crippen molar-refractivity contribution in [1.29, 1.82) is 0 Å². The molecule has 0 N–H and O–H groups in total. The first kappa shape index (κ1) is 16.4. The molecule has 0 aliphatic carbocycles. The summed E-state index contributed by atoms with van der Waals surface area (Å²) in [7, 11) is -1.80. The van der Waals surface area contributed by atoms with Crippen molar-refractivity contribution in [2.75, 3.05) is 7.11 Å². The van der Waals surface area contributed by atoms with Crippen LogP contribution in [0.25, 0.3) is 5.69 Å². The topological polar surface area (TPSA) is 61.2 Å². The Hall–Kier alpha value is -2.44. The van der Waals surface area contributed by atoms with Gasteiger partial charge in [-0.3, -0.25) is 0 Å². The number of aromatic nitrogens is 2. The van der Waals surface area contributed by atoms with E-state index < -0.39 is 9.84 Å². The van der Waals surface area contributed by atoms with Crippen molar-refractivity contribution in [3.8, 4) is 5.69 Å². The van der Waals surface area contributed by atoms with Crippen LogP contribution in [0.4, 0.5) is 0 Å². The zero-order valence-corrected chi connectivity index (χ0v) is 14.1. The van der Waals surface area contributed by atoms with Crippen molar-refractivity contribution >= 4 is 9.84 Å². The second kappa shape index (κ2) is 6.98. The molecule has 0 unspecified atom stereocenters. The van der Waals surface area contributed by atoms with Crippen LogP contribution in [0.2, 0.25) is 0 Å². The van der Waals surface area contributed by atoms with Crippen molar-refractivity contribution in [1.82, 2.24) is 9.78 Å². The van der Waals surface area contributed by atoms with Crippen molar-refractivity contribution in [2.45, 2.75) is 17.3 Å². The molecule has 24 heavy (non-hydrogen) atoms. The molecule has 0 saturated heterocycles. The van der Waals surface area contributed by atoms with Gasteiger partial charge in [0.05, 0.1) is 29.1 Å². The van der Waals surface area contributed by atoms with Crippen LogP contribution in [0.1, 0.15) is 11.1 Å². The van der Waals surface area contributed by atoms with E-state index in [1.165, 1.54) is 0 Å². The van der Waals surface area contributed by atoms with E-state index in [4.69, 9.17) is 4.74 Å². The van der Waals surface area contributed by atoms with Gasteiger partial charge in [0.1, 0.15) is 0 Å². The molecule has 1 heterocycles. The summed E-state index contributed by atoms with van der Waals surface area (Å²) in [6.07, 6.45) is 3.33. The maximum Gasteiger partial charge on any atom is 0.182 e. The molecule has 0 bridgehead atoms. The van der Waals surface area contributed by atoms with E-state index in [1.54, 1.807) is 48.5 Å². The number of sulfone groups is 1. The van der Waals surface area contributed by atoms with Gasteiger partial charge in [0.15, 0.2) is 9.84 Å². The molecule has 6 heteroatoms. The molecule has 1 aromatic heterocycles. The van der Waals surface area contributed by atoms with Gasteiger partial charge in [0.25, 0.3) is 0 Å². The standard InChI is InChI=1S/C18H18N2O3S/c1-23-13-15-7-9-18(10-8-15)24(21,22)14-16-11-19-20(12-16)17-5-3-2-4-6-17/h2-12H,13-14H2,1H3. The van der Waals surface area contributed by atoms with E-state index in [-0.39, 0.29) is 5.75 Å². The Bertz CT molecular complexity index is 901. The number of rotatable bonds is 6. The van der Waals surface area contributed by atoms with Gasteiger partial charge >= 0.3 is 0 Å². The van der Waals surface area contributed by atoms with Crippen molar-refractivity contribution < 1.29 is 13.2 Å². The number of ether oxygens (including phenoxy) is 1. The van der Waals surface area contributed by atoms with Crippen molar-refractivity contribution in [3.63, 3.8) is 0 Å². The average Bonchev–Trinajstić information content (AvgIpc) is 3.04. The first-order chi connectivity index (χ1) is 11.6. The average molecular weight is 342 g/mol. The van der Waals surface area contributed by atoms with Gasteiger partial charge in [-0.05, 0) is 29.8 Å². The molecule has 2 aromatic carbocycles. The monoisotopic (exact) mass is 342 g/mol. The van der Waals surface area contributed by atoms with Gasteiger partial charge < -0.3 is 4.74 Å². The van der Waals surface area contributed by atoms with Crippen LogP contribution >= 0.6 is 0 Å². The fourth-order valence-corrected chi connectivity index (χ4v) is 3.72. The predicted octanol–water partition coefficient (Wildman–Crippen LogP) is 2.99. The van der Waals surface area contributed by atoms with E-state index in [2.05, 4.69) is 5.10 Å². The van der Waals surface area contributed by atoms with E-state index in [9.17, 15) is 8.42 Å². The number of para-hydroxylation sites is 1. The smallest absolute Gasteiger partial charge is 0.182 e. The molecule has 124 valence electrons. The van der Waals surface area contributed by atoms with Gasteiger partial charge in [-0.15, -0.1) is 0 Å². The van der Waals surface area contributed by atoms with E-state index in [0.717, 1.165) is 11.3 Å². The van der Waals surface area contributed by atoms with Gasteiger partial charge in [0.2, 0.25) is 0 Å². The van der Waals surface area contributed by atoms with Crippen LogP contribution in [-0.2, 0) is 26.9 Å². The summed E-state index contributed by atoms with van der Waals surface area (Å²) in [5, 5.41) is 4.24. The molecule has 0 radical (unpaired) electrons. The first-order valence-electron chi connectivity index (χ1n) is 7.48. The number of benzene rings is 2. The predicted molar refractivity (Wildman–Crippen MR) is 91.6 cm³/mol. The molecule has 0 spiro atoms. The lowest BCUT2D eigenvalue weighted by Gasteiger charge is -2.05. The van der Waals surface area contributed by atoms with Gasteiger partial charge in [0, 0.05) is 18.9 Å². The third kappa shape index (κ3) is 3.72. The molecule has 0 aliphatic rings. The number of hydrogen-bond acceptors (Lipinski definition) is 4. The maximum absolute atomic E-state index is 12.5.